The van der Waals surface area contributed by atoms with Crippen LogP contribution in [0.4, 0.5) is 5.69 Å². The standard InChI is InChI=1S/C14H21N3/c1-11-5-7-17(10-11)14-4-6-15-13(8-14)9-16-12-2-3-12/h4,6,8,11-12,16H,2-3,5,7,9-10H2,1H3. The topological polar surface area (TPSA) is 28.2 Å². The quantitative estimate of drug-likeness (QED) is 0.861. The first kappa shape index (κ1) is 11.0. The molecule has 3 rings (SSSR count). The molecular weight excluding hydrogens is 210 g/mol. The van der Waals surface area contributed by atoms with Crippen molar-refractivity contribution < 1.29 is 0 Å². The maximum Gasteiger partial charge on any atom is 0.0562 e. The van der Waals surface area contributed by atoms with Crippen LogP contribution in [0.2, 0.25) is 0 Å². The van der Waals surface area contributed by atoms with Crippen LogP contribution in [0.15, 0.2) is 18.3 Å². The second-order valence-electron chi connectivity index (χ2n) is 5.50. The Bertz CT molecular complexity index is 387. The summed E-state index contributed by atoms with van der Waals surface area (Å²) in [5.41, 5.74) is 2.52. The summed E-state index contributed by atoms with van der Waals surface area (Å²) in [6.45, 7) is 5.64. The highest BCUT2D eigenvalue weighted by atomic mass is 15.1. The molecule has 0 amide bonds. The fourth-order valence-electron chi connectivity index (χ4n) is 2.46. The predicted octanol–water partition coefficient (Wildman–Crippen LogP) is 2.18. The summed E-state index contributed by atoms with van der Waals surface area (Å²) in [6.07, 6.45) is 5.94. The van der Waals surface area contributed by atoms with Crippen LogP contribution in [0, 0.1) is 5.92 Å². The van der Waals surface area contributed by atoms with Gasteiger partial charge in [-0.15, -0.1) is 0 Å². The van der Waals surface area contributed by atoms with Gasteiger partial charge in [-0.3, -0.25) is 4.98 Å². The van der Waals surface area contributed by atoms with Gasteiger partial charge in [0.25, 0.3) is 0 Å². The van der Waals surface area contributed by atoms with E-state index in [0.29, 0.717) is 0 Å². The van der Waals surface area contributed by atoms with E-state index in [9.17, 15) is 0 Å². The zero-order valence-electron chi connectivity index (χ0n) is 10.5. The van der Waals surface area contributed by atoms with Gasteiger partial charge in [0.1, 0.15) is 0 Å². The van der Waals surface area contributed by atoms with E-state index in [-0.39, 0.29) is 0 Å². The van der Waals surface area contributed by atoms with Crippen LogP contribution in [0.5, 0.6) is 0 Å². The first-order valence-electron chi connectivity index (χ1n) is 6.74. The molecule has 0 aromatic carbocycles. The average molecular weight is 231 g/mol. The number of rotatable bonds is 4. The Labute approximate surface area is 103 Å². The minimum Gasteiger partial charge on any atom is -0.371 e. The fraction of sp³-hybridized carbons (Fsp3) is 0.643. The van der Waals surface area contributed by atoms with Crippen molar-refractivity contribution in [1.82, 2.24) is 10.3 Å². The normalized spacial score (nSPS) is 24.3. The third-order valence-electron chi connectivity index (χ3n) is 3.74. The van der Waals surface area contributed by atoms with E-state index in [1.165, 1.54) is 43.7 Å². The lowest BCUT2D eigenvalue weighted by Crippen LogP contribution is -2.20. The Kier molecular flexibility index (Phi) is 3.02. The molecule has 2 aliphatic rings. The molecule has 0 bridgehead atoms. The van der Waals surface area contributed by atoms with Gasteiger partial charge in [-0.25, -0.2) is 0 Å². The maximum atomic E-state index is 4.44. The summed E-state index contributed by atoms with van der Waals surface area (Å²) in [5, 5.41) is 3.52. The van der Waals surface area contributed by atoms with Crippen LogP contribution < -0.4 is 10.2 Å². The smallest absolute Gasteiger partial charge is 0.0562 e. The molecule has 1 saturated carbocycles. The lowest BCUT2D eigenvalue weighted by atomic mass is 10.2. The Hall–Kier alpha value is -1.09. The summed E-state index contributed by atoms with van der Waals surface area (Å²) in [7, 11) is 0. The summed E-state index contributed by atoms with van der Waals surface area (Å²) >= 11 is 0. The minimum atomic E-state index is 0.757. The monoisotopic (exact) mass is 231 g/mol. The second kappa shape index (κ2) is 4.65. The number of anilines is 1. The van der Waals surface area contributed by atoms with Gasteiger partial charge in [-0.2, -0.15) is 0 Å². The van der Waals surface area contributed by atoms with Crippen molar-refractivity contribution in [2.75, 3.05) is 18.0 Å². The lowest BCUT2D eigenvalue weighted by molar-refractivity contribution is 0.659. The Morgan fingerprint density at radius 1 is 1.41 bits per heavy atom. The Morgan fingerprint density at radius 3 is 3.00 bits per heavy atom. The van der Waals surface area contributed by atoms with E-state index in [1.54, 1.807) is 0 Å². The highest BCUT2D eigenvalue weighted by Gasteiger charge is 2.21. The zero-order valence-corrected chi connectivity index (χ0v) is 10.5. The minimum absolute atomic E-state index is 0.757. The van der Waals surface area contributed by atoms with Crippen LogP contribution in [0.3, 0.4) is 0 Å². The highest BCUT2D eigenvalue weighted by molar-refractivity contribution is 5.47. The van der Waals surface area contributed by atoms with Crippen LogP contribution >= 0.6 is 0 Å². The molecule has 3 heteroatoms. The molecule has 1 N–H and O–H groups in total. The molecule has 1 aliphatic heterocycles. The fourth-order valence-corrected chi connectivity index (χ4v) is 2.46. The lowest BCUT2D eigenvalue weighted by Gasteiger charge is -2.18. The molecule has 0 spiro atoms. The van der Waals surface area contributed by atoms with Crippen molar-refractivity contribution in [3.05, 3.63) is 24.0 Å². The van der Waals surface area contributed by atoms with Crippen molar-refractivity contribution in [3.63, 3.8) is 0 Å². The van der Waals surface area contributed by atoms with E-state index in [0.717, 1.165) is 18.5 Å². The van der Waals surface area contributed by atoms with Crippen LogP contribution in [0.25, 0.3) is 0 Å². The largest absolute Gasteiger partial charge is 0.371 e. The summed E-state index contributed by atoms with van der Waals surface area (Å²) in [4.78, 5) is 6.92. The third kappa shape index (κ3) is 2.78. The average Bonchev–Trinajstić information content (AvgIpc) is 3.08. The van der Waals surface area contributed by atoms with Crippen molar-refractivity contribution >= 4 is 5.69 Å². The van der Waals surface area contributed by atoms with Gasteiger partial charge in [0.05, 0.1) is 5.69 Å². The van der Waals surface area contributed by atoms with Crippen LogP contribution in [0.1, 0.15) is 31.9 Å². The zero-order chi connectivity index (χ0) is 11.7. The molecule has 1 saturated heterocycles. The van der Waals surface area contributed by atoms with Gasteiger partial charge in [0.15, 0.2) is 0 Å². The van der Waals surface area contributed by atoms with Crippen LogP contribution in [-0.2, 0) is 6.54 Å². The number of nitrogens with zero attached hydrogens (tertiary/aromatic N) is 2. The van der Waals surface area contributed by atoms with E-state index < -0.39 is 0 Å². The van der Waals surface area contributed by atoms with Gasteiger partial charge >= 0.3 is 0 Å². The first-order chi connectivity index (χ1) is 8.31. The van der Waals surface area contributed by atoms with Crippen molar-refractivity contribution in [2.24, 2.45) is 5.92 Å². The Morgan fingerprint density at radius 2 is 2.29 bits per heavy atom. The van der Waals surface area contributed by atoms with E-state index >= 15 is 0 Å². The number of nitrogens with one attached hydrogen (secondary N) is 1. The second-order valence-corrected chi connectivity index (χ2v) is 5.50. The molecule has 1 aromatic rings. The van der Waals surface area contributed by atoms with Crippen molar-refractivity contribution in [1.29, 1.82) is 0 Å². The number of hydrogen-bond acceptors (Lipinski definition) is 3. The summed E-state index contributed by atoms with van der Waals surface area (Å²) in [6, 6.07) is 5.14. The molecule has 17 heavy (non-hydrogen) atoms. The van der Waals surface area contributed by atoms with E-state index in [4.69, 9.17) is 0 Å². The summed E-state index contributed by atoms with van der Waals surface area (Å²) in [5.74, 6) is 0.830. The molecule has 3 nitrogen and oxygen atoms in total. The molecule has 1 aliphatic carbocycles. The van der Waals surface area contributed by atoms with Gasteiger partial charge in [-0.05, 0) is 37.3 Å². The summed E-state index contributed by atoms with van der Waals surface area (Å²) < 4.78 is 0. The molecule has 2 heterocycles. The third-order valence-corrected chi connectivity index (χ3v) is 3.74. The molecular formula is C14H21N3. The molecule has 1 aromatic heterocycles. The SMILES string of the molecule is CC1CCN(c2ccnc(CNC3CC3)c2)C1. The first-order valence-corrected chi connectivity index (χ1v) is 6.74. The van der Waals surface area contributed by atoms with E-state index in [1.807, 2.05) is 6.20 Å². The van der Waals surface area contributed by atoms with Gasteiger partial charge in [0, 0.05) is 37.6 Å². The Balaban J connectivity index is 1.65. The molecule has 1 unspecified atom stereocenters. The van der Waals surface area contributed by atoms with Crippen molar-refractivity contribution in [3.8, 4) is 0 Å². The number of aromatic nitrogens is 1. The van der Waals surface area contributed by atoms with E-state index in [2.05, 4.69) is 34.3 Å². The molecule has 0 radical (unpaired) electrons. The van der Waals surface area contributed by atoms with Crippen LogP contribution in [-0.4, -0.2) is 24.1 Å². The number of hydrogen-bond donors (Lipinski definition) is 1. The molecule has 1 atom stereocenters. The molecule has 92 valence electrons. The maximum absolute atomic E-state index is 4.44. The van der Waals surface area contributed by atoms with Gasteiger partial charge in [0.2, 0.25) is 0 Å². The molecule has 2 fully saturated rings. The predicted molar refractivity (Wildman–Crippen MR) is 70.1 cm³/mol. The van der Waals surface area contributed by atoms with Gasteiger partial charge in [-0.1, -0.05) is 6.92 Å². The number of pyridine rings is 1. The highest BCUT2D eigenvalue weighted by Crippen LogP contribution is 2.24. The van der Waals surface area contributed by atoms with Gasteiger partial charge < -0.3 is 10.2 Å². The van der Waals surface area contributed by atoms with Crippen molar-refractivity contribution in [2.45, 2.75) is 38.8 Å².